The first kappa shape index (κ1) is 16.9. The Morgan fingerprint density at radius 2 is 1.95 bits per heavy atom. The molecule has 0 bridgehead atoms. The molecule has 0 aromatic carbocycles. The van der Waals surface area contributed by atoms with E-state index in [4.69, 9.17) is 4.74 Å². The molecule has 1 saturated carbocycles. The smallest absolute Gasteiger partial charge is 0.211 e. The van der Waals surface area contributed by atoms with Gasteiger partial charge in [-0.3, -0.25) is 0 Å². The SMILES string of the molecule is COC1(CNS(=O)(=O)CCCCNC(C)C)CCC1. The highest BCUT2D eigenvalue weighted by molar-refractivity contribution is 7.89. The molecule has 0 atom stereocenters. The van der Waals surface area contributed by atoms with Gasteiger partial charge in [-0.2, -0.15) is 0 Å². The van der Waals surface area contributed by atoms with Gasteiger partial charge in [0.15, 0.2) is 0 Å². The zero-order chi connectivity index (χ0) is 14.4. The second-order valence-electron chi connectivity index (χ2n) is 5.70. The molecule has 1 fully saturated rings. The maximum Gasteiger partial charge on any atom is 0.211 e. The van der Waals surface area contributed by atoms with Gasteiger partial charge in [0, 0.05) is 19.7 Å². The number of hydrogen-bond acceptors (Lipinski definition) is 4. The minimum Gasteiger partial charge on any atom is -0.377 e. The minimum atomic E-state index is -3.16. The summed E-state index contributed by atoms with van der Waals surface area (Å²) in [5, 5.41) is 3.28. The summed E-state index contributed by atoms with van der Waals surface area (Å²) in [6, 6.07) is 0.454. The van der Waals surface area contributed by atoms with Crippen LogP contribution in [0.4, 0.5) is 0 Å². The molecule has 0 heterocycles. The Kier molecular flexibility index (Phi) is 6.73. The highest BCUT2D eigenvalue weighted by atomic mass is 32.2. The van der Waals surface area contributed by atoms with E-state index in [0.717, 1.165) is 32.2 Å². The lowest BCUT2D eigenvalue weighted by molar-refractivity contribution is -0.0659. The Hall–Kier alpha value is -0.170. The van der Waals surface area contributed by atoms with E-state index in [0.29, 0.717) is 19.0 Å². The van der Waals surface area contributed by atoms with Crippen LogP contribution in [-0.4, -0.2) is 46.0 Å². The van der Waals surface area contributed by atoms with E-state index in [9.17, 15) is 8.42 Å². The summed E-state index contributed by atoms with van der Waals surface area (Å²) in [6.45, 7) is 5.45. The van der Waals surface area contributed by atoms with Crippen molar-refractivity contribution in [2.24, 2.45) is 0 Å². The molecule has 0 saturated heterocycles. The van der Waals surface area contributed by atoms with E-state index in [1.165, 1.54) is 0 Å². The largest absolute Gasteiger partial charge is 0.377 e. The van der Waals surface area contributed by atoms with Crippen LogP contribution in [0.3, 0.4) is 0 Å². The highest BCUT2D eigenvalue weighted by Crippen LogP contribution is 2.34. The average molecular weight is 292 g/mol. The third kappa shape index (κ3) is 6.21. The molecule has 2 N–H and O–H groups in total. The van der Waals surface area contributed by atoms with Crippen molar-refractivity contribution in [3.63, 3.8) is 0 Å². The minimum absolute atomic E-state index is 0.201. The normalized spacial score (nSPS) is 18.5. The fourth-order valence-corrected chi connectivity index (χ4v) is 3.36. The van der Waals surface area contributed by atoms with E-state index in [-0.39, 0.29) is 11.4 Å². The van der Waals surface area contributed by atoms with Crippen molar-refractivity contribution in [2.75, 3.05) is 26.0 Å². The van der Waals surface area contributed by atoms with Gasteiger partial charge in [-0.05, 0) is 38.6 Å². The first-order chi connectivity index (χ1) is 8.89. The van der Waals surface area contributed by atoms with Crippen LogP contribution in [0, 0.1) is 0 Å². The quantitative estimate of drug-likeness (QED) is 0.595. The molecule has 0 aromatic rings. The van der Waals surface area contributed by atoms with Crippen molar-refractivity contribution < 1.29 is 13.2 Å². The molecule has 1 aliphatic carbocycles. The summed E-state index contributed by atoms with van der Waals surface area (Å²) in [5.74, 6) is 0.201. The highest BCUT2D eigenvalue weighted by Gasteiger charge is 2.37. The topological polar surface area (TPSA) is 67.4 Å². The fourth-order valence-electron chi connectivity index (χ4n) is 2.15. The third-order valence-electron chi connectivity index (χ3n) is 3.70. The lowest BCUT2D eigenvalue weighted by Crippen LogP contribution is -2.49. The van der Waals surface area contributed by atoms with Crippen molar-refractivity contribution in [3.8, 4) is 0 Å². The van der Waals surface area contributed by atoms with Crippen LogP contribution < -0.4 is 10.0 Å². The Balaban J connectivity index is 2.17. The molecular weight excluding hydrogens is 264 g/mol. The van der Waals surface area contributed by atoms with E-state index in [2.05, 4.69) is 23.9 Å². The first-order valence-corrected chi connectivity index (χ1v) is 8.80. The second kappa shape index (κ2) is 7.57. The van der Waals surface area contributed by atoms with Crippen molar-refractivity contribution in [1.29, 1.82) is 0 Å². The Morgan fingerprint density at radius 1 is 1.26 bits per heavy atom. The molecule has 114 valence electrons. The summed E-state index contributed by atoms with van der Waals surface area (Å²) < 4.78 is 31.8. The van der Waals surface area contributed by atoms with Crippen LogP contribution in [0.25, 0.3) is 0 Å². The molecule has 0 unspecified atom stereocenters. The predicted octanol–water partition coefficient (Wildman–Crippen LogP) is 1.25. The van der Waals surface area contributed by atoms with Crippen molar-refractivity contribution in [3.05, 3.63) is 0 Å². The number of unbranched alkanes of at least 4 members (excludes halogenated alkanes) is 1. The van der Waals surface area contributed by atoms with Crippen LogP contribution in [0.5, 0.6) is 0 Å². The summed E-state index contributed by atoms with van der Waals surface area (Å²) in [6.07, 6.45) is 4.59. The third-order valence-corrected chi connectivity index (χ3v) is 5.11. The first-order valence-electron chi connectivity index (χ1n) is 7.15. The predicted molar refractivity (Wildman–Crippen MR) is 77.8 cm³/mol. The molecule has 0 aliphatic heterocycles. The monoisotopic (exact) mass is 292 g/mol. The van der Waals surface area contributed by atoms with Crippen LogP contribution in [-0.2, 0) is 14.8 Å². The number of ether oxygens (including phenoxy) is 1. The summed E-state index contributed by atoms with van der Waals surface area (Å²) in [7, 11) is -1.50. The van der Waals surface area contributed by atoms with E-state index in [1.807, 2.05) is 0 Å². The Bertz CT molecular complexity index is 345. The maximum absolute atomic E-state index is 11.8. The van der Waals surface area contributed by atoms with Gasteiger partial charge in [0.1, 0.15) is 0 Å². The second-order valence-corrected chi connectivity index (χ2v) is 7.62. The molecule has 0 radical (unpaired) electrons. The number of hydrogen-bond donors (Lipinski definition) is 2. The lowest BCUT2D eigenvalue weighted by atomic mass is 9.80. The Morgan fingerprint density at radius 3 is 2.42 bits per heavy atom. The standard InChI is InChI=1S/C13H28N2O3S/c1-12(2)14-9-4-5-10-19(16,17)15-11-13(18-3)7-6-8-13/h12,14-15H,4-11H2,1-3H3. The van der Waals surface area contributed by atoms with E-state index >= 15 is 0 Å². The van der Waals surface area contributed by atoms with Crippen molar-refractivity contribution in [2.45, 2.75) is 57.6 Å². The molecule has 19 heavy (non-hydrogen) atoms. The van der Waals surface area contributed by atoms with Crippen LogP contribution in [0.1, 0.15) is 46.0 Å². The van der Waals surface area contributed by atoms with Gasteiger partial charge >= 0.3 is 0 Å². The summed E-state index contributed by atoms with van der Waals surface area (Å²) in [4.78, 5) is 0. The zero-order valence-electron chi connectivity index (χ0n) is 12.4. The summed E-state index contributed by atoms with van der Waals surface area (Å²) in [5.41, 5.74) is -0.244. The van der Waals surface area contributed by atoms with Gasteiger partial charge in [-0.15, -0.1) is 0 Å². The van der Waals surface area contributed by atoms with Crippen LogP contribution in [0.2, 0.25) is 0 Å². The fraction of sp³-hybridized carbons (Fsp3) is 1.00. The molecule has 1 aliphatic rings. The number of nitrogens with one attached hydrogen (secondary N) is 2. The molecule has 6 heteroatoms. The number of sulfonamides is 1. The van der Waals surface area contributed by atoms with Gasteiger partial charge in [0.25, 0.3) is 0 Å². The van der Waals surface area contributed by atoms with E-state index < -0.39 is 10.0 Å². The summed E-state index contributed by atoms with van der Waals surface area (Å²) >= 11 is 0. The maximum atomic E-state index is 11.8. The average Bonchev–Trinajstić information content (AvgIpc) is 2.27. The van der Waals surface area contributed by atoms with Gasteiger partial charge in [0.2, 0.25) is 10.0 Å². The van der Waals surface area contributed by atoms with Gasteiger partial charge in [0.05, 0.1) is 11.4 Å². The van der Waals surface area contributed by atoms with Crippen LogP contribution >= 0.6 is 0 Å². The van der Waals surface area contributed by atoms with Crippen molar-refractivity contribution in [1.82, 2.24) is 10.0 Å². The van der Waals surface area contributed by atoms with Crippen LogP contribution in [0.15, 0.2) is 0 Å². The van der Waals surface area contributed by atoms with E-state index in [1.54, 1.807) is 7.11 Å². The molecular formula is C13H28N2O3S. The number of rotatable bonds is 10. The molecule has 0 amide bonds. The lowest BCUT2D eigenvalue weighted by Gasteiger charge is -2.40. The Labute approximate surface area is 117 Å². The molecule has 0 spiro atoms. The molecule has 5 nitrogen and oxygen atoms in total. The van der Waals surface area contributed by atoms with Gasteiger partial charge in [-0.1, -0.05) is 13.8 Å². The van der Waals surface area contributed by atoms with Crippen molar-refractivity contribution >= 4 is 10.0 Å². The number of methoxy groups -OCH3 is 1. The molecule has 1 rings (SSSR count). The van der Waals surface area contributed by atoms with Gasteiger partial charge in [-0.25, -0.2) is 13.1 Å². The molecule has 0 aromatic heterocycles. The zero-order valence-corrected chi connectivity index (χ0v) is 13.2. The van der Waals surface area contributed by atoms with Gasteiger partial charge < -0.3 is 10.1 Å².